The van der Waals surface area contributed by atoms with Crippen LogP contribution in [0.5, 0.6) is 0 Å². The first-order valence-corrected chi connectivity index (χ1v) is 9.17. The molecular formula is C18H21ClN6O2. The highest BCUT2D eigenvalue weighted by Crippen LogP contribution is 2.20. The van der Waals surface area contributed by atoms with Gasteiger partial charge < -0.3 is 9.47 Å². The molecule has 0 aliphatic carbocycles. The maximum absolute atomic E-state index is 12.8. The largest absolute Gasteiger partial charge is 0.369 e. The molecule has 1 fully saturated rings. The van der Waals surface area contributed by atoms with E-state index in [0.717, 1.165) is 36.9 Å². The molecule has 142 valence electrons. The first-order chi connectivity index (χ1) is 13.0. The molecule has 0 radical (unpaired) electrons. The number of imidazole rings is 1. The number of aromatic nitrogens is 4. The van der Waals surface area contributed by atoms with Gasteiger partial charge >= 0.3 is 5.69 Å². The first-order valence-electron chi connectivity index (χ1n) is 8.79. The molecule has 3 heterocycles. The van der Waals surface area contributed by atoms with Crippen LogP contribution >= 0.6 is 11.6 Å². The highest BCUT2D eigenvalue weighted by atomic mass is 35.5. The molecule has 0 bridgehead atoms. The van der Waals surface area contributed by atoms with Crippen molar-refractivity contribution in [2.45, 2.75) is 6.67 Å². The lowest BCUT2D eigenvalue weighted by atomic mass is 10.2. The molecule has 1 aliphatic heterocycles. The number of aryl methyl sites for hydroxylation is 2. The summed E-state index contributed by atoms with van der Waals surface area (Å²) in [7, 11) is 3.40. The van der Waals surface area contributed by atoms with E-state index in [1.54, 1.807) is 25.0 Å². The van der Waals surface area contributed by atoms with Crippen LogP contribution in [0.2, 0.25) is 5.02 Å². The Morgan fingerprint density at radius 2 is 1.85 bits per heavy atom. The van der Waals surface area contributed by atoms with Crippen molar-refractivity contribution in [3.63, 3.8) is 0 Å². The Hall–Kier alpha value is -2.58. The van der Waals surface area contributed by atoms with Crippen molar-refractivity contribution in [2.75, 3.05) is 31.1 Å². The lowest BCUT2D eigenvalue weighted by Gasteiger charge is -2.36. The van der Waals surface area contributed by atoms with Crippen molar-refractivity contribution in [2.24, 2.45) is 14.1 Å². The summed E-state index contributed by atoms with van der Waals surface area (Å²) in [6.45, 7) is 3.40. The van der Waals surface area contributed by atoms with Gasteiger partial charge in [0.05, 0.1) is 13.0 Å². The van der Waals surface area contributed by atoms with Crippen LogP contribution in [0.3, 0.4) is 0 Å². The predicted molar refractivity (Wildman–Crippen MR) is 105 cm³/mol. The minimum absolute atomic E-state index is 0.274. The lowest BCUT2D eigenvalue weighted by molar-refractivity contribution is 0.198. The Labute approximate surface area is 160 Å². The second-order valence-electron chi connectivity index (χ2n) is 6.83. The zero-order chi connectivity index (χ0) is 19.1. The van der Waals surface area contributed by atoms with Gasteiger partial charge in [0.1, 0.15) is 0 Å². The van der Waals surface area contributed by atoms with E-state index in [1.807, 2.05) is 24.3 Å². The predicted octanol–water partition coefficient (Wildman–Crippen LogP) is 0.867. The summed E-state index contributed by atoms with van der Waals surface area (Å²) in [6, 6.07) is 7.79. The number of nitrogens with zero attached hydrogens (tertiary/aromatic N) is 6. The van der Waals surface area contributed by atoms with Gasteiger partial charge in [-0.2, -0.15) is 0 Å². The van der Waals surface area contributed by atoms with Crippen LogP contribution in [-0.4, -0.2) is 49.8 Å². The smallest absolute Gasteiger partial charge is 0.333 e. The third-order valence-corrected chi connectivity index (χ3v) is 5.32. The topological polar surface area (TPSA) is 68.3 Å². The van der Waals surface area contributed by atoms with Gasteiger partial charge in [0, 0.05) is 51.0 Å². The summed E-state index contributed by atoms with van der Waals surface area (Å²) in [6.07, 6.45) is 1.56. The average molecular weight is 389 g/mol. The fourth-order valence-corrected chi connectivity index (χ4v) is 3.73. The van der Waals surface area contributed by atoms with Crippen LogP contribution in [0.15, 0.2) is 40.2 Å². The van der Waals surface area contributed by atoms with Gasteiger partial charge in [0.2, 0.25) is 0 Å². The van der Waals surface area contributed by atoms with Gasteiger partial charge in [-0.1, -0.05) is 17.7 Å². The molecule has 0 spiro atoms. The van der Waals surface area contributed by atoms with Crippen molar-refractivity contribution in [1.82, 2.24) is 23.6 Å². The number of halogens is 1. The molecule has 1 saturated heterocycles. The van der Waals surface area contributed by atoms with E-state index in [4.69, 9.17) is 11.6 Å². The molecule has 0 atom stereocenters. The van der Waals surface area contributed by atoms with Gasteiger partial charge in [-0.05, 0) is 18.2 Å². The van der Waals surface area contributed by atoms with Crippen LogP contribution in [0, 0.1) is 0 Å². The second kappa shape index (κ2) is 6.86. The molecule has 0 saturated carbocycles. The fraction of sp³-hybridized carbons (Fsp3) is 0.389. The van der Waals surface area contributed by atoms with Gasteiger partial charge in [-0.3, -0.25) is 14.3 Å². The number of anilines is 1. The highest BCUT2D eigenvalue weighted by Gasteiger charge is 2.21. The second-order valence-corrected chi connectivity index (χ2v) is 7.27. The number of benzene rings is 1. The van der Waals surface area contributed by atoms with Crippen LogP contribution in [0.1, 0.15) is 0 Å². The molecule has 8 nitrogen and oxygen atoms in total. The standard InChI is InChI=1S/C18H21ClN6O2/c1-21-11-20-16-15(21)17(26)25(18(27)22(16)2)12-23-6-8-24(9-7-23)14-5-3-4-13(19)10-14/h3-5,10-11H,6-9,12H2,1-2H3. The normalized spacial score (nSPS) is 15.6. The first kappa shape index (κ1) is 17.8. The molecule has 0 amide bonds. The molecule has 27 heavy (non-hydrogen) atoms. The van der Waals surface area contributed by atoms with Crippen molar-refractivity contribution in [3.05, 3.63) is 56.5 Å². The van der Waals surface area contributed by atoms with Gasteiger partial charge in [0.15, 0.2) is 11.2 Å². The number of hydrogen-bond acceptors (Lipinski definition) is 5. The molecule has 1 aliphatic rings. The Kier molecular flexibility index (Phi) is 4.53. The number of hydrogen-bond donors (Lipinski definition) is 0. The van der Waals surface area contributed by atoms with Gasteiger partial charge in [0.25, 0.3) is 5.56 Å². The van der Waals surface area contributed by atoms with Gasteiger partial charge in [-0.15, -0.1) is 0 Å². The maximum Gasteiger partial charge on any atom is 0.333 e. The van der Waals surface area contributed by atoms with Crippen LogP contribution < -0.4 is 16.1 Å². The minimum Gasteiger partial charge on any atom is -0.369 e. The molecule has 3 aromatic rings. The zero-order valence-electron chi connectivity index (χ0n) is 15.3. The monoisotopic (exact) mass is 388 g/mol. The molecule has 2 aromatic heterocycles. The summed E-state index contributed by atoms with van der Waals surface area (Å²) < 4.78 is 4.38. The van der Waals surface area contributed by atoms with E-state index in [-0.39, 0.29) is 17.9 Å². The van der Waals surface area contributed by atoms with E-state index in [0.29, 0.717) is 11.2 Å². The van der Waals surface area contributed by atoms with Crippen molar-refractivity contribution >= 4 is 28.5 Å². The zero-order valence-corrected chi connectivity index (χ0v) is 16.1. The Morgan fingerprint density at radius 1 is 1.11 bits per heavy atom. The van der Waals surface area contributed by atoms with Crippen molar-refractivity contribution in [3.8, 4) is 0 Å². The summed E-state index contributed by atoms with van der Waals surface area (Å²) >= 11 is 6.08. The Bertz CT molecular complexity index is 1110. The maximum atomic E-state index is 12.8. The van der Waals surface area contributed by atoms with Crippen LogP contribution in [0.25, 0.3) is 11.2 Å². The molecule has 1 aromatic carbocycles. The Morgan fingerprint density at radius 3 is 2.56 bits per heavy atom. The van der Waals surface area contributed by atoms with E-state index >= 15 is 0 Å². The molecule has 9 heteroatoms. The van der Waals surface area contributed by atoms with Crippen molar-refractivity contribution < 1.29 is 0 Å². The highest BCUT2D eigenvalue weighted by molar-refractivity contribution is 6.30. The quantitative estimate of drug-likeness (QED) is 0.666. The fourth-order valence-electron chi connectivity index (χ4n) is 3.54. The minimum atomic E-state index is -0.344. The van der Waals surface area contributed by atoms with Crippen molar-refractivity contribution in [1.29, 1.82) is 0 Å². The van der Waals surface area contributed by atoms with Crippen LogP contribution in [0.4, 0.5) is 5.69 Å². The third kappa shape index (κ3) is 3.15. The van der Waals surface area contributed by atoms with Crippen LogP contribution in [-0.2, 0) is 20.8 Å². The number of fused-ring (bicyclic) bond motifs is 1. The molecule has 0 unspecified atom stereocenters. The summed E-state index contributed by atoms with van der Waals surface area (Å²) in [4.78, 5) is 34.0. The molecule has 4 rings (SSSR count). The van der Waals surface area contributed by atoms with E-state index < -0.39 is 0 Å². The third-order valence-electron chi connectivity index (χ3n) is 5.09. The number of rotatable bonds is 3. The SMILES string of the molecule is Cn1cnc2c1c(=O)n(CN1CCN(c3cccc(Cl)c3)CC1)c(=O)n2C. The number of piperazine rings is 1. The average Bonchev–Trinajstić information content (AvgIpc) is 3.06. The summed E-state index contributed by atoms with van der Waals surface area (Å²) in [5.74, 6) is 0. The lowest BCUT2D eigenvalue weighted by Crippen LogP contribution is -2.50. The van der Waals surface area contributed by atoms with E-state index in [1.165, 1.54) is 9.13 Å². The summed E-state index contributed by atoms with van der Waals surface area (Å²) in [5.41, 5.74) is 1.30. The molecular weight excluding hydrogens is 368 g/mol. The van der Waals surface area contributed by atoms with E-state index in [9.17, 15) is 9.59 Å². The summed E-state index contributed by atoms with van der Waals surface area (Å²) in [5, 5.41) is 0.717. The molecule has 0 N–H and O–H groups in total. The van der Waals surface area contributed by atoms with Gasteiger partial charge in [-0.25, -0.2) is 14.3 Å². The van der Waals surface area contributed by atoms with E-state index in [2.05, 4.69) is 14.8 Å². The Balaban J connectivity index is 1.55.